The third-order valence-electron chi connectivity index (χ3n) is 1.37. The number of carbonyl (C=O) groups excluding carboxylic acids is 1. The molecule has 0 amide bonds. The van der Waals surface area contributed by atoms with Gasteiger partial charge >= 0.3 is 0 Å². The first-order valence-corrected chi connectivity index (χ1v) is 3.54. The normalized spacial score (nSPS) is 9.69. The molecule has 0 radical (unpaired) electrons. The molecule has 0 spiro atoms. The van der Waals surface area contributed by atoms with Crippen LogP contribution in [0.3, 0.4) is 0 Å². The van der Waals surface area contributed by atoms with Gasteiger partial charge in [0.2, 0.25) is 0 Å². The summed E-state index contributed by atoms with van der Waals surface area (Å²) in [5.41, 5.74) is -0.937. The number of benzene rings is 1. The molecule has 0 atom stereocenters. The van der Waals surface area contributed by atoms with Crippen LogP contribution in [0.4, 0.5) is 10.1 Å². The van der Waals surface area contributed by atoms with Gasteiger partial charge in [0.1, 0.15) is 11.4 Å². The molecule has 0 unspecified atom stereocenters. The Kier molecular flexibility index (Phi) is 2.57. The fraction of sp³-hybridized carbons (Fsp3) is 0. The van der Waals surface area contributed by atoms with Gasteiger partial charge in [-0.3, -0.25) is 14.9 Å². The highest BCUT2D eigenvalue weighted by Crippen LogP contribution is 2.21. The molecular formula is C7H3ClFNO3. The average molecular weight is 204 g/mol. The van der Waals surface area contributed by atoms with Gasteiger partial charge in [0.05, 0.1) is 11.0 Å². The van der Waals surface area contributed by atoms with Crippen LogP contribution in [0.2, 0.25) is 0 Å². The van der Waals surface area contributed by atoms with Crippen LogP contribution in [0.15, 0.2) is 18.2 Å². The summed E-state index contributed by atoms with van der Waals surface area (Å²) >= 11 is 5.04. The largest absolute Gasteiger partial charge is 0.284 e. The van der Waals surface area contributed by atoms with Gasteiger partial charge < -0.3 is 0 Å². The topological polar surface area (TPSA) is 60.2 Å². The fourth-order valence-electron chi connectivity index (χ4n) is 0.822. The number of nitro groups is 1. The van der Waals surface area contributed by atoms with E-state index in [-0.39, 0.29) is 5.56 Å². The zero-order valence-corrected chi connectivity index (χ0v) is 6.92. The maximum atomic E-state index is 12.5. The van der Waals surface area contributed by atoms with Gasteiger partial charge in [-0.05, 0) is 23.7 Å². The zero-order chi connectivity index (χ0) is 10.0. The molecule has 1 aromatic rings. The van der Waals surface area contributed by atoms with Crippen molar-refractivity contribution in [2.75, 3.05) is 0 Å². The van der Waals surface area contributed by atoms with E-state index in [1.54, 1.807) is 0 Å². The monoisotopic (exact) mass is 203 g/mol. The van der Waals surface area contributed by atoms with Crippen LogP contribution < -0.4 is 0 Å². The fourth-order valence-corrected chi connectivity index (χ4v) is 0.982. The van der Waals surface area contributed by atoms with Crippen molar-refractivity contribution in [3.05, 3.63) is 39.7 Å². The zero-order valence-electron chi connectivity index (χ0n) is 6.16. The summed E-state index contributed by atoms with van der Waals surface area (Å²) in [6.07, 6.45) is 0. The van der Waals surface area contributed by atoms with Crippen molar-refractivity contribution in [1.82, 2.24) is 0 Å². The molecule has 0 aliphatic carbocycles. The van der Waals surface area contributed by atoms with Crippen molar-refractivity contribution < 1.29 is 14.1 Å². The molecule has 1 aromatic carbocycles. The van der Waals surface area contributed by atoms with E-state index >= 15 is 0 Å². The van der Waals surface area contributed by atoms with E-state index in [0.29, 0.717) is 6.07 Å². The summed E-state index contributed by atoms with van der Waals surface area (Å²) in [5, 5.41) is 9.33. The van der Waals surface area contributed by atoms with E-state index in [1.807, 2.05) is 0 Å². The Morgan fingerprint density at radius 2 is 2.15 bits per heavy atom. The number of halogens is 2. The molecule has 0 bridgehead atoms. The summed E-state index contributed by atoms with van der Waals surface area (Å²) in [5.74, 6) is -0.784. The predicted molar refractivity (Wildman–Crippen MR) is 43.2 cm³/mol. The Morgan fingerprint density at radius 3 is 2.62 bits per heavy atom. The molecule has 0 aliphatic heterocycles. The van der Waals surface area contributed by atoms with Crippen LogP contribution in [0.25, 0.3) is 0 Å². The van der Waals surface area contributed by atoms with Crippen molar-refractivity contribution in [2.24, 2.45) is 0 Å². The minimum Gasteiger partial charge on any atom is -0.275 e. The summed E-state index contributed by atoms with van der Waals surface area (Å²) in [6.45, 7) is 0. The molecule has 0 saturated carbocycles. The van der Waals surface area contributed by atoms with E-state index in [0.717, 1.165) is 12.1 Å². The number of nitrogens with zero attached hydrogens (tertiary/aromatic N) is 1. The molecular weight excluding hydrogens is 201 g/mol. The van der Waals surface area contributed by atoms with E-state index in [9.17, 15) is 19.3 Å². The van der Waals surface area contributed by atoms with Gasteiger partial charge in [0, 0.05) is 0 Å². The predicted octanol–water partition coefficient (Wildman–Crippen LogP) is 2.11. The van der Waals surface area contributed by atoms with Crippen LogP contribution in [0.5, 0.6) is 0 Å². The number of nitro benzene ring substituents is 1. The molecule has 4 nitrogen and oxygen atoms in total. The van der Waals surface area contributed by atoms with Crippen molar-refractivity contribution >= 4 is 22.5 Å². The SMILES string of the molecule is O=C(Cl)c1ccc(F)cc1[N+](=O)[O-]. The summed E-state index contributed by atoms with van der Waals surface area (Å²) in [7, 11) is 0. The highest BCUT2D eigenvalue weighted by atomic mass is 35.5. The average Bonchev–Trinajstić information content (AvgIpc) is 2.03. The van der Waals surface area contributed by atoms with E-state index in [4.69, 9.17) is 11.6 Å². The Bertz CT molecular complexity index is 380. The highest BCUT2D eigenvalue weighted by Gasteiger charge is 2.18. The first-order chi connectivity index (χ1) is 6.02. The Morgan fingerprint density at radius 1 is 1.54 bits per heavy atom. The van der Waals surface area contributed by atoms with Gasteiger partial charge in [-0.25, -0.2) is 4.39 Å². The van der Waals surface area contributed by atoms with Gasteiger partial charge in [0.15, 0.2) is 0 Å². The van der Waals surface area contributed by atoms with Gasteiger partial charge in [-0.2, -0.15) is 0 Å². The second kappa shape index (κ2) is 3.49. The molecule has 1 rings (SSSR count). The molecule has 6 heteroatoms. The first kappa shape index (κ1) is 9.60. The first-order valence-electron chi connectivity index (χ1n) is 3.16. The Balaban J connectivity index is 3.35. The smallest absolute Gasteiger partial charge is 0.275 e. The van der Waals surface area contributed by atoms with Crippen LogP contribution in [0, 0.1) is 15.9 Å². The Hall–Kier alpha value is -1.49. The van der Waals surface area contributed by atoms with Gasteiger partial charge in [-0.15, -0.1) is 0 Å². The molecule has 0 N–H and O–H groups in total. The standard InChI is InChI=1S/C7H3ClFNO3/c8-7(11)5-2-1-4(9)3-6(5)10(12)13/h1-3H. The molecule has 0 heterocycles. The van der Waals surface area contributed by atoms with Gasteiger partial charge in [-0.1, -0.05) is 0 Å². The molecule has 0 aromatic heterocycles. The quantitative estimate of drug-likeness (QED) is 0.420. The lowest BCUT2D eigenvalue weighted by atomic mass is 10.2. The van der Waals surface area contributed by atoms with Crippen molar-refractivity contribution in [3.63, 3.8) is 0 Å². The lowest BCUT2D eigenvalue weighted by molar-refractivity contribution is -0.385. The number of hydrogen-bond donors (Lipinski definition) is 0. The van der Waals surface area contributed by atoms with E-state index < -0.39 is 21.7 Å². The molecule has 68 valence electrons. The summed E-state index contributed by atoms with van der Waals surface area (Å²) < 4.78 is 12.5. The van der Waals surface area contributed by atoms with E-state index in [2.05, 4.69) is 0 Å². The van der Waals surface area contributed by atoms with Crippen LogP contribution in [0.1, 0.15) is 10.4 Å². The summed E-state index contributed by atoms with van der Waals surface area (Å²) in [4.78, 5) is 20.1. The molecule has 0 aliphatic rings. The van der Waals surface area contributed by atoms with Crippen molar-refractivity contribution in [2.45, 2.75) is 0 Å². The molecule has 0 saturated heterocycles. The lowest BCUT2D eigenvalue weighted by Gasteiger charge is -1.96. The summed E-state index contributed by atoms with van der Waals surface area (Å²) in [6, 6.07) is 2.56. The number of rotatable bonds is 2. The number of carbonyl (C=O) groups is 1. The third-order valence-corrected chi connectivity index (χ3v) is 1.57. The Labute approximate surface area is 77.1 Å². The second-order valence-corrected chi connectivity index (χ2v) is 2.54. The maximum Gasteiger partial charge on any atom is 0.284 e. The maximum absolute atomic E-state index is 12.5. The highest BCUT2D eigenvalue weighted by molar-refractivity contribution is 6.68. The van der Waals surface area contributed by atoms with Crippen LogP contribution >= 0.6 is 11.6 Å². The third kappa shape index (κ3) is 2.00. The van der Waals surface area contributed by atoms with Crippen LogP contribution in [-0.2, 0) is 0 Å². The number of hydrogen-bond acceptors (Lipinski definition) is 3. The molecule has 13 heavy (non-hydrogen) atoms. The van der Waals surface area contributed by atoms with Gasteiger partial charge in [0.25, 0.3) is 10.9 Å². The lowest BCUT2D eigenvalue weighted by Crippen LogP contribution is -1.98. The van der Waals surface area contributed by atoms with Crippen molar-refractivity contribution in [3.8, 4) is 0 Å². The molecule has 0 fully saturated rings. The van der Waals surface area contributed by atoms with Crippen LogP contribution in [-0.4, -0.2) is 10.2 Å². The van der Waals surface area contributed by atoms with Crippen molar-refractivity contribution in [1.29, 1.82) is 0 Å². The van der Waals surface area contributed by atoms with E-state index in [1.165, 1.54) is 0 Å². The second-order valence-electron chi connectivity index (χ2n) is 2.19. The minimum atomic E-state index is -0.980. The minimum absolute atomic E-state index is 0.312.